The molecule has 0 atom stereocenters. The smallest absolute Gasteiger partial charge is 0.274 e. The minimum Gasteiger partial charge on any atom is -0.320 e. The second-order valence-corrected chi connectivity index (χ2v) is 6.06. The highest BCUT2D eigenvalue weighted by Gasteiger charge is 2.19. The van der Waals surface area contributed by atoms with Crippen LogP contribution < -0.4 is 5.32 Å². The molecule has 1 amide bonds. The van der Waals surface area contributed by atoms with Gasteiger partial charge in [-0.1, -0.05) is 44.5 Å². The molecule has 24 heavy (non-hydrogen) atoms. The fourth-order valence-corrected chi connectivity index (χ4v) is 2.98. The van der Waals surface area contributed by atoms with Gasteiger partial charge in [0.05, 0.1) is 5.69 Å². The molecular weight excluding hydrogens is 298 g/mol. The number of carbonyl (C=O) groups excluding carboxylic acids is 1. The molecule has 0 spiro atoms. The summed E-state index contributed by atoms with van der Waals surface area (Å²) < 4.78 is 1.91. The van der Waals surface area contributed by atoms with Gasteiger partial charge in [-0.15, -0.1) is 0 Å². The van der Waals surface area contributed by atoms with Crippen molar-refractivity contribution in [3.63, 3.8) is 0 Å². The highest BCUT2D eigenvalue weighted by Crippen LogP contribution is 2.20. The molecule has 0 fully saturated rings. The molecule has 4 heteroatoms. The van der Waals surface area contributed by atoms with Gasteiger partial charge in [0.1, 0.15) is 11.3 Å². The van der Waals surface area contributed by atoms with E-state index in [2.05, 4.69) is 24.1 Å². The van der Waals surface area contributed by atoms with Crippen LogP contribution in [0.1, 0.15) is 47.6 Å². The topological polar surface area (TPSA) is 46.4 Å². The molecule has 0 aliphatic heterocycles. The van der Waals surface area contributed by atoms with Crippen LogP contribution >= 0.6 is 0 Å². The first kappa shape index (κ1) is 16.2. The van der Waals surface area contributed by atoms with Crippen molar-refractivity contribution in [2.45, 2.75) is 40.0 Å². The number of hydrogen-bond acceptors (Lipinski definition) is 2. The third kappa shape index (κ3) is 3.04. The van der Waals surface area contributed by atoms with E-state index in [0.29, 0.717) is 5.69 Å². The second kappa shape index (κ2) is 6.87. The number of rotatable bonds is 5. The number of benzene rings is 1. The standard InChI is InChI=1S/C20H23N3O/c1-4-8-17-19(23-13-14(3)11-12-18(23)21-17)20(24)22-16-10-7-6-9-15(16)5-2/h6-7,9-13H,4-5,8H2,1-3H3,(H,22,24). The predicted octanol–water partition coefficient (Wildman–Crippen LogP) is 4.41. The van der Waals surface area contributed by atoms with E-state index in [9.17, 15) is 4.79 Å². The van der Waals surface area contributed by atoms with E-state index in [1.807, 2.05) is 53.9 Å². The Hall–Kier alpha value is -2.62. The Balaban J connectivity index is 2.05. The first-order chi connectivity index (χ1) is 11.6. The number of imidazole rings is 1. The lowest BCUT2D eigenvalue weighted by molar-refractivity contribution is 0.102. The van der Waals surface area contributed by atoms with Gasteiger partial charge >= 0.3 is 0 Å². The van der Waals surface area contributed by atoms with Crippen molar-refractivity contribution in [2.24, 2.45) is 0 Å². The van der Waals surface area contributed by atoms with Crippen molar-refractivity contribution in [1.29, 1.82) is 0 Å². The number of hydrogen-bond donors (Lipinski definition) is 1. The molecule has 0 aliphatic rings. The number of aryl methyl sites for hydroxylation is 3. The Labute approximate surface area is 142 Å². The Kier molecular flexibility index (Phi) is 4.65. The molecular formula is C20H23N3O. The van der Waals surface area contributed by atoms with Crippen molar-refractivity contribution in [2.75, 3.05) is 5.32 Å². The Bertz CT molecular complexity index is 880. The van der Waals surface area contributed by atoms with Gasteiger partial charge in [-0.05, 0) is 43.0 Å². The second-order valence-electron chi connectivity index (χ2n) is 6.06. The summed E-state index contributed by atoms with van der Waals surface area (Å²) in [7, 11) is 0. The summed E-state index contributed by atoms with van der Waals surface area (Å²) in [6.07, 6.45) is 4.60. The summed E-state index contributed by atoms with van der Waals surface area (Å²) in [5.41, 5.74) is 5.42. The first-order valence-corrected chi connectivity index (χ1v) is 8.50. The van der Waals surface area contributed by atoms with Gasteiger partial charge in [0, 0.05) is 11.9 Å². The maximum Gasteiger partial charge on any atom is 0.274 e. The fourth-order valence-electron chi connectivity index (χ4n) is 2.98. The Morgan fingerprint density at radius 1 is 1.17 bits per heavy atom. The zero-order valence-corrected chi connectivity index (χ0v) is 14.5. The van der Waals surface area contributed by atoms with Crippen molar-refractivity contribution in [1.82, 2.24) is 9.38 Å². The number of pyridine rings is 1. The molecule has 124 valence electrons. The van der Waals surface area contributed by atoms with Gasteiger partial charge in [0.15, 0.2) is 0 Å². The normalized spacial score (nSPS) is 11.0. The van der Waals surface area contributed by atoms with Gasteiger partial charge in [-0.25, -0.2) is 4.98 Å². The van der Waals surface area contributed by atoms with Gasteiger partial charge in [-0.2, -0.15) is 0 Å². The maximum atomic E-state index is 13.0. The molecule has 2 aromatic heterocycles. The summed E-state index contributed by atoms with van der Waals surface area (Å²) in [6.45, 7) is 6.21. The Morgan fingerprint density at radius 3 is 2.71 bits per heavy atom. The van der Waals surface area contributed by atoms with Crippen LogP contribution in [-0.4, -0.2) is 15.3 Å². The summed E-state index contributed by atoms with van der Waals surface area (Å²) in [4.78, 5) is 17.6. The summed E-state index contributed by atoms with van der Waals surface area (Å²) in [5, 5.41) is 3.07. The highest BCUT2D eigenvalue weighted by molar-refractivity contribution is 6.05. The molecule has 0 saturated carbocycles. The molecule has 0 bridgehead atoms. The summed E-state index contributed by atoms with van der Waals surface area (Å²) in [6, 6.07) is 11.9. The van der Waals surface area contributed by atoms with Crippen LogP contribution in [-0.2, 0) is 12.8 Å². The van der Waals surface area contributed by atoms with Crippen molar-refractivity contribution < 1.29 is 4.79 Å². The lowest BCUT2D eigenvalue weighted by Crippen LogP contribution is -2.17. The van der Waals surface area contributed by atoms with E-state index < -0.39 is 0 Å². The minimum atomic E-state index is -0.0996. The molecule has 2 heterocycles. The molecule has 4 nitrogen and oxygen atoms in total. The third-order valence-corrected chi connectivity index (χ3v) is 4.19. The maximum absolute atomic E-state index is 13.0. The van der Waals surface area contributed by atoms with Crippen LogP contribution in [0.5, 0.6) is 0 Å². The average molecular weight is 321 g/mol. The molecule has 0 aliphatic carbocycles. The quantitative estimate of drug-likeness (QED) is 0.756. The lowest BCUT2D eigenvalue weighted by Gasteiger charge is -2.10. The number of aromatic nitrogens is 2. The largest absolute Gasteiger partial charge is 0.320 e. The number of para-hydroxylation sites is 1. The number of fused-ring (bicyclic) bond motifs is 1. The molecule has 1 N–H and O–H groups in total. The van der Waals surface area contributed by atoms with E-state index in [-0.39, 0.29) is 5.91 Å². The zero-order valence-electron chi connectivity index (χ0n) is 14.5. The van der Waals surface area contributed by atoms with E-state index in [0.717, 1.165) is 47.4 Å². The van der Waals surface area contributed by atoms with E-state index in [1.165, 1.54) is 0 Å². The molecule has 0 unspecified atom stereocenters. The van der Waals surface area contributed by atoms with E-state index in [1.54, 1.807) is 0 Å². The molecule has 0 radical (unpaired) electrons. The van der Waals surface area contributed by atoms with Gasteiger partial charge in [0.25, 0.3) is 5.91 Å². The van der Waals surface area contributed by atoms with Crippen LogP contribution in [0.2, 0.25) is 0 Å². The first-order valence-electron chi connectivity index (χ1n) is 8.50. The lowest BCUT2D eigenvalue weighted by atomic mass is 10.1. The number of amides is 1. The van der Waals surface area contributed by atoms with Crippen LogP contribution in [0.25, 0.3) is 5.65 Å². The molecule has 3 aromatic rings. The van der Waals surface area contributed by atoms with E-state index in [4.69, 9.17) is 0 Å². The highest BCUT2D eigenvalue weighted by atomic mass is 16.2. The van der Waals surface area contributed by atoms with E-state index >= 15 is 0 Å². The summed E-state index contributed by atoms with van der Waals surface area (Å²) in [5.74, 6) is -0.0996. The summed E-state index contributed by atoms with van der Waals surface area (Å²) >= 11 is 0. The monoisotopic (exact) mass is 321 g/mol. The number of carbonyl (C=O) groups is 1. The SMILES string of the molecule is CCCc1nc2ccc(C)cn2c1C(=O)Nc1ccccc1CC. The predicted molar refractivity (Wildman–Crippen MR) is 97.7 cm³/mol. The van der Waals surface area contributed by atoms with Crippen molar-refractivity contribution >= 4 is 17.2 Å². The van der Waals surface area contributed by atoms with Crippen LogP contribution in [0.4, 0.5) is 5.69 Å². The number of nitrogens with zero attached hydrogens (tertiary/aromatic N) is 2. The number of nitrogens with one attached hydrogen (secondary N) is 1. The molecule has 3 rings (SSSR count). The molecule has 0 saturated heterocycles. The van der Waals surface area contributed by atoms with Crippen LogP contribution in [0.3, 0.4) is 0 Å². The third-order valence-electron chi connectivity index (χ3n) is 4.19. The van der Waals surface area contributed by atoms with Gasteiger partial charge in [0.2, 0.25) is 0 Å². The zero-order chi connectivity index (χ0) is 17.1. The average Bonchev–Trinajstić information content (AvgIpc) is 2.93. The van der Waals surface area contributed by atoms with Crippen LogP contribution in [0.15, 0.2) is 42.6 Å². The Morgan fingerprint density at radius 2 is 1.96 bits per heavy atom. The minimum absolute atomic E-state index is 0.0996. The van der Waals surface area contributed by atoms with Crippen LogP contribution in [0, 0.1) is 6.92 Å². The van der Waals surface area contributed by atoms with Crippen molar-refractivity contribution in [3.8, 4) is 0 Å². The van der Waals surface area contributed by atoms with Crippen molar-refractivity contribution in [3.05, 3.63) is 65.1 Å². The molecule has 1 aromatic carbocycles. The number of anilines is 1. The fraction of sp³-hybridized carbons (Fsp3) is 0.300. The van der Waals surface area contributed by atoms with Gasteiger partial charge < -0.3 is 5.32 Å². The van der Waals surface area contributed by atoms with Gasteiger partial charge in [-0.3, -0.25) is 9.20 Å².